The molecule has 5 heteroatoms. The molecule has 2 aromatic carbocycles. The largest absolute Gasteiger partial charge is 0.310 e. The van der Waals surface area contributed by atoms with Crippen LogP contribution in [0.2, 0.25) is 0 Å². The minimum absolute atomic E-state index is 0.980. The first-order valence-corrected chi connectivity index (χ1v) is 10.5. The molecule has 0 aliphatic rings. The topological polar surface area (TPSA) is 0 Å². The van der Waals surface area contributed by atoms with Gasteiger partial charge in [0.15, 0.2) is 0 Å². The van der Waals surface area contributed by atoms with Gasteiger partial charge < -0.3 is 0 Å². The normalized spacial score (nSPS) is 11.5. The van der Waals surface area contributed by atoms with Crippen LogP contribution in [0.5, 0.6) is 0 Å². The van der Waals surface area contributed by atoms with Gasteiger partial charge in [0.05, 0.1) is 0 Å². The van der Waals surface area contributed by atoms with Crippen LogP contribution in [0, 0.1) is 0 Å². The van der Waals surface area contributed by atoms with Gasteiger partial charge >= 0.3 is 6.69 Å². The van der Waals surface area contributed by atoms with Crippen molar-refractivity contribution in [2.75, 3.05) is 0 Å². The molecule has 0 radical (unpaired) electrons. The summed E-state index contributed by atoms with van der Waals surface area (Å²) in [4.78, 5) is 0. The molecule has 0 fully saturated rings. The Labute approximate surface area is 128 Å². The van der Waals surface area contributed by atoms with Gasteiger partial charge in [0.2, 0.25) is 0 Å². The summed E-state index contributed by atoms with van der Waals surface area (Å²) in [6.07, 6.45) is 0. The van der Waals surface area contributed by atoms with Crippen LogP contribution in [0.25, 0.3) is 0 Å². The van der Waals surface area contributed by atoms with Crippen LogP contribution in [-0.2, 0) is 0 Å². The molecule has 0 N–H and O–H groups in total. The van der Waals surface area contributed by atoms with Gasteiger partial charge in [0.1, 0.15) is 0 Å². The molecule has 17 heavy (non-hydrogen) atoms. The molecule has 0 nitrogen and oxygen atoms in total. The highest BCUT2D eigenvalue weighted by atomic mass is 79.9. The van der Waals surface area contributed by atoms with E-state index in [1.165, 1.54) is 0 Å². The molecule has 2 rings (SSSR count). The molecule has 0 saturated heterocycles. The molecule has 0 unspecified atom stereocenters. The summed E-state index contributed by atoms with van der Waals surface area (Å²) < 4.78 is 1.98. The van der Waals surface area contributed by atoms with E-state index in [1.54, 1.807) is 0 Å². The maximum absolute atomic E-state index is 6.59. The number of benzene rings is 2. The van der Waals surface area contributed by atoms with E-state index in [0.717, 1.165) is 19.3 Å². The summed E-state index contributed by atoms with van der Waals surface area (Å²) in [5.74, 6) is 0. The summed E-state index contributed by atoms with van der Waals surface area (Å²) in [7, 11) is 0. The summed E-state index contributed by atoms with van der Waals surface area (Å²) >= 11 is 20.1. The average Bonchev–Trinajstić information content (AvgIpc) is 2.29. The van der Waals surface area contributed by atoms with Gasteiger partial charge in [-0.2, -0.15) is 0 Å². The Morgan fingerprint density at radius 1 is 0.765 bits per heavy atom. The van der Waals surface area contributed by atoms with Crippen molar-refractivity contribution in [1.82, 2.24) is 0 Å². The third-order valence-electron chi connectivity index (χ3n) is 2.37. The van der Waals surface area contributed by atoms with Crippen LogP contribution in [0.1, 0.15) is 0 Å². The van der Waals surface area contributed by atoms with E-state index in [4.69, 9.17) is 22.2 Å². The lowest BCUT2D eigenvalue weighted by Gasteiger charge is -2.18. The Hall–Kier alpha value is 0.197. The maximum Gasteiger partial charge on any atom is 0.310 e. The Morgan fingerprint density at radius 2 is 1.18 bits per heavy atom. The fourth-order valence-electron chi connectivity index (χ4n) is 1.53. The zero-order valence-corrected chi connectivity index (χ0v) is 14.3. The summed E-state index contributed by atoms with van der Waals surface area (Å²) in [6, 6.07) is 15.7. The van der Waals surface area contributed by atoms with Crippen molar-refractivity contribution < 1.29 is 0 Å². The standard InChI is InChI=1S/C12H8Br2Cl2Si/c13-9-3-1-5-11(7-9)17(15,16)12-6-2-4-10(14)8-12/h1-8H. The smallest absolute Gasteiger partial charge is 0.134 e. The summed E-state index contributed by atoms with van der Waals surface area (Å²) in [6.45, 7) is -2.63. The maximum atomic E-state index is 6.59. The first kappa shape index (κ1) is 13.6. The minimum Gasteiger partial charge on any atom is -0.134 e. The third-order valence-corrected chi connectivity index (χ3v) is 8.05. The lowest BCUT2D eigenvalue weighted by atomic mass is 10.4. The van der Waals surface area contributed by atoms with E-state index in [1.807, 2.05) is 48.5 Å². The van der Waals surface area contributed by atoms with Crippen LogP contribution in [-0.4, -0.2) is 6.69 Å². The zero-order chi connectivity index (χ0) is 12.5. The molecule has 0 atom stereocenters. The molecule has 2 aromatic rings. The van der Waals surface area contributed by atoms with E-state index in [2.05, 4.69) is 31.9 Å². The minimum atomic E-state index is -2.63. The van der Waals surface area contributed by atoms with Crippen molar-refractivity contribution in [1.29, 1.82) is 0 Å². The molecular weight excluding hydrogens is 403 g/mol. The molecule has 0 heterocycles. The van der Waals surface area contributed by atoms with Crippen molar-refractivity contribution in [3.05, 3.63) is 57.5 Å². The number of hydrogen-bond donors (Lipinski definition) is 0. The van der Waals surface area contributed by atoms with Crippen molar-refractivity contribution in [2.24, 2.45) is 0 Å². The highest BCUT2D eigenvalue weighted by Crippen LogP contribution is 2.19. The second-order valence-corrected chi connectivity index (χ2v) is 11.7. The molecular formula is C12H8Br2Cl2Si. The predicted molar refractivity (Wildman–Crippen MR) is 85.0 cm³/mol. The number of hydrogen-bond acceptors (Lipinski definition) is 0. The molecule has 0 aliphatic carbocycles. The second-order valence-electron chi connectivity index (χ2n) is 3.60. The lowest BCUT2D eigenvalue weighted by Crippen LogP contribution is -2.48. The van der Waals surface area contributed by atoms with Gasteiger partial charge in [-0.15, -0.1) is 22.2 Å². The van der Waals surface area contributed by atoms with Crippen LogP contribution in [0.15, 0.2) is 57.5 Å². The monoisotopic (exact) mass is 408 g/mol. The van der Waals surface area contributed by atoms with Crippen molar-refractivity contribution in [3.8, 4) is 0 Å². The van der Waals surface area contributed by atoms with E-state index in [9.17, 15) is 0 Å². The highest BCUT2D eigenvalue weighted by molar-refractivity contribution is 9.10. The molecule has 0 aliphatic heterocycles. The first-order valence-electron chi connectivity index (χ1n) is 4.90. The summed E-state index contributed by atoms with van der Waals surface area (Å²) in [5, 5.41) is 1.96. The van der Waals surface area contributed by atoms with Crippen LogP contribution < -0.4 is 10.4 Å². The van der Waals surface area contributed by atoms with Gasteiger partial charge in [-0.3, -0.25) is 0 Å². The van der Waals surface area contributed by atoms with Crippen LogP contribution in [0.3, 0.4) is 0 Å². The third kappa shape index (κ3) is 3.15. The Kier molecular flexibility index (Phi) is 4.37. The van der Waals surface area contributed by atoms with Gasteiger partial charge in [0, 0.05) is 8.95 Å². The van der Waals surface area contributed by atoms with E-state index >= 15 is 0 Å². The number of halogens is 4. The van der Waals surface area contributed by atoms with E-state index in [-0.39, 0.29) is 0 Å². The summed E-state index contributed by atoms with van der Waals surface area (Å²) in [5.41, 5.74) is 0. The molecule has 0 spiro atoms. The van der Waals surface area contributed by atoms with Crippen LogP contribution in [0.4, 0.5) is 0 Å². The quantitative estimate of drug-likeness (QED) is 0.513. The van der Waals surface area contributed by atoms with Gasteiger partial charge in [-0.05, 0) is 34.6 Å². The Balaban J connectivity index is 2.49. The fraction of sp³-hybridized carbons (Fsp3) is 0. The molecule has 0 aromatic heterocycles. The second kappa shape index (κ2) is 5.45. The van der Waals surface area contributed by atoms with Gasteiger partial charge in [-0.25, -0.2) is 0 Å². The zero-order valence-electron chi connectivity index (χ0n) is 8.63. The highest BCUT2D eigenvalue weighted by Gasteiger charge is 2.33. The molecule has 0 amide bonds. The fourth-order valence-corrected chi connectivity index (χ4v) is 5.78. The number of rotatable bonds is 2. The van der Waals surface area contributed by atoms with Crippen LogP contribution >= 0.6 is 54.0 Å². The van der Waals surface area contributed by atoms with E-state index in [0.29, 0.717) is 0 Å². The molecule has 0 saturated carbocycles. The van der Waals surface area contributed by atoms with Gasteiger partial charge in [-0.1, -0.05) is 56.1 Å². The average molecular weight is 411 g/mol. The van der Waals surface area contributed by atoms with Crippen molar-refractivity contribution in [3.63, 3.8) is 0 Å². The SMILES string of the molecule is Cl[Si](Cl)(c1cccc(Br)c1)c1cccc(Br)c1. The van der Waals surface area contributed by atoms with Gasteiger partial charge in [0.25, 0.3) is 0 Å². The van der Waals surface area contributed by atoms with Crippen molar-refractivity contribution in [2.45, 2.75) is 0 Å². The Morgan fingerprint density at radius 3 is 1.53 bits per heavy atom. The molecule has 88 valence electrons. The first-order chi connectivity index (χ1) is 8.00. The lowest BCUT2D eigenvalue weighted by molar-refractivity contribution is 1.67. The van der Waals surface area contributed by atoms with Crippen molar-refractivity contribution >= 4 is 71.1 Å². The molecule has 0 bridgehead atoms. The predicted octanol–water partition coefficient (Wildman–Crippen LogP) is 4.25. The van der Waals surface area contributed by atoms with E-state index < -0.39 is 6.69 Å². The Bertz CT molecular complexity index is 496.